The van der Waals surface area contributed by atoms with Crippen molar-refractivity contribution in [1.82, 2.24) is 9.88 Å². The van der Waals surface area contributed by atoms with Crippen LogP contribution in [-0.2, 0) is 0 Å². The molecule has 4 nitrogen and oxygen atoms in total. The summed E-state index contributed by atoms with van der Waals surface area (Å²) in [5.74, 6) is 0.517. The van der Waals surface area contributed by atoms with Gasteiger partial charge in [0.25, 0.3) is 5.91 Å². The molecule has 0 spiro atoms. The normalized spacial score (nSPS) is 17.8. The Morgan fingerprint density at radius 3 is 2.91 bits per heavy atom. The lowest BCUT2D eigenvalue weighted by molar-refractivity contribution is 0.0633. The third-order valence-electron chi connectivity index (χ3n) is 4.02. The van der Waals surface area contributed by atoms with Gasteiger partial charge in [0.1, 0.15) is 11.6 Å². The van der Waals surface area contributed by atoms with E-state index in [1.54, 1.807) is 36.7 Å². The van der Waals surface area contributed by atoms with Crippen LogP contribution in [0.5, 0.6) is 5.75 Å². The number of hydrogen-bond donors (Lipinski definition) is 0. The van der Waals surface area contributed by atoms with E-state index in [0.717, 1.165) is 19.4 Å². The van der Waals surface area contributed by atoms with Crippen LogP contribution in [0.25, 0.3) is 0 Å². The Labute approximate surface area is 134 Å². The molecule has 0 aliphatic carbocycles. The number of likely N-dealkylation sites (tertiary alicyclic amines) is 1. The molecule has 0 bridgehead atoms. The van der Waals surface area contributed by atoms with Crippen LogP contribution in [0.15, 0.2) is 48.8 Å². The highest BCUT2D eigenvalue weighted by Gasteiger charge is 2.24. The van der Waals surface area contributed by atoms with Crippen molar-refractivity contribution in [1.29, 1.82) is 0 Å². The first-order chi connectivity index (χ1) is 11.2. The number of aromatic nitrogens is 1. The van der Waals surface area contributed by atoms with Gasteiger partial charge in [-0.25, -0.2) is 4.39 Å². The first-order valence-electron chi connectivity index (χ1n) is 7.80. The van der Waals surface area contributed by atoms with Crippen LogP contribution in [-0.4, -0.2) is 35.5 Å². The van der Waals surface area contributed by atoms with Gasteiger partial charge in [0.2, 0.25) is 0 Å². The summed E-state index contributed by atoms with van der Waals surface area (Å²) in [6, 6.07) is 9.60. The molecular formula is C18H19FN2O2. The minimum atomic E-state index is -0.305. The van der Waals surface area contributed by atoms with Crippen LogP contribution in [0, 0.1) is 11.7 Å². The molecule has 1 atom stereocenters. The number of hydrogen-bond acceptors (Lipinski definition) is 3. The summed E-state index contributed by atoms with van der Waals surface area (Å²) < 4.78 is 18.8. The van der Waals surface area contributed by atoms with Crippen LogP contribution in [0.3, 0.4) is 0 Å². The minimum absolute atomic E-state index is 0.0304. The average molecular weight is 314 g/mol. The third kappa shape index (κ3) is 4.06. The largest absolute Gasteiger partial charge is 0.493 e. The summed E-state index contributed by atoms with van der Waals surface area (Å²) in [7, 11) is 0. The second-order valence-corrected chi connectivity index (χ2v) is 5.76. The van der Waals surface area contributed by atoms with Gasteiger partial charge in [-0.1, -0.05) is 6.07 Å². The Hall–Kier alpha value is -2.43. The zero-order valence-electron chi connectivity index (χ0n) is 12.8. The monoisotopic (exact) mass is 314 g/mol. The number of amides is 1. The van der Waals surface area contributed by atoms with E-state index in [9.17, 15) is 9.18 Å². The van der Waals surface area contributed by atoms with Gasteiger partial charge in [0, 0.05) is 43.0 Å². The number of nitrogens with zero attached hydrogens (tertiary/aromatic N) is 2. The van der Waals surface area contributed by atoms with Crippen molar-refractivity contribution >= 4 is 5.91 Å². The van der Waals surface area contributed by atoms with E-state index in [1.807, 2.05) is 4.90 Å². The summed E-state index contributed by atoms with van der Waals surface area (Å²) in [6.07, 6.45) is 5.22. The summed E-state index contributed by atoms with van der Waals surface area (Å²) in [4.78, 5) is 18.3. The van der Waals surface area contributed by atoms with Gasteiger partial charge >= 0.3 is 0 Å². The lowest BCUT2D eigenvalue weighted by Gasteiger charge is -2.32. The van der Waals surface area contributed by atoms with Crippen LogP contribution in [0.2, 0.25) is 0 Å². The summed E-state index contributed by atoms with van der Waals surface area (Å²) in [5, 5.41) is 0. The Bertz CT molecular complexity index is 663. The highest BCUT2D eigenvalue weighted by molar-refractivity contribution is 5.94. The SMILES string of the molecule is O=C(c1ccncc1)N1CCCC(COc2cccc(F)c2)C1. The fourth-order valence-electron chi connectivity index (χ4n) is 2.83. The van der Waals surface area contributed by atoms with Gasteiger partial charge in [-0.3, -0.25) is 9.78 Å². The maximum Gasteiger partial charge on any atom is 0.253 e. The second kappa shape index (κ2) is 7.22. The molecule has 120 valence electrons. The molecule has 1 unspecified atom stereocenters. The predicted molar refractivity (Wildman–Crippen MR) is 84.8 cm³/mol. The highest BCUT2D eigenvalue weighted by Crippen LogP contribution is 2.20. The molecule has 1 aliphatic rings. The molecule has 5 heteroatoms. The number of ether oxygens (including phenoxy) is 1. The summed E-state index contributed by atoms with van der Waals surface area (Å²) >= 11 is 0. The van der Waals surface area contributed by atoms with Gasteiger partial charge in [-0.05, 0) is 37.1 Å². The molecule has 1 aromatic carbocycles. The van der Waals surface area contributed by atoms with Crippen molar-refractivity contribution in [3.63, 3.8) is 0 Å². The third-order valence-corrected chi connectivity index (χ3v) is 4.02. The van der Waals surface area contributed by atoms with Crippen molar-refractivity contribution in [2.45, 2.75) is 12.8 Å². The highest BCUT2D eigenvalue weighted by atomic mass is 19.1. The number of pyridine rings is 1. The Morgan fingerprint density at radius 2 is 2.13 bits per heavy atom. The second-order valence-electron chi connectivity index (χ2n) is 5.76. The van der Waals surface area contributed by atoms with E-state index in [4.69, 9.17) is 4.74 Å². The Morgan fingerprint density at radius 1 is 1.30 bits per heavy atom. The van der Waals surface area contributed by atoms with Gasteiger partial charge in [-0.15, -0.1) is 0 Å². The number of benzene rings is 1. The molecule has 23 heavy (non-hydrogen) atoms. The van der Waals surface area contributed by atoms with E-state index in [1.165, 1.54) is 12.1 Å². The van der Waals surface area contributed by atoms with Crippen LogP contribution < -0.4 is 4.74 Å². The molecule has 1 amide bonds. The zero-order chi connectivity index (χ0) is 16.1. The summed E-state index contributed by atoms with van der Waals surface area (Å²) in [6.45, 7) is 1.91. The van der Waals surface area contributed by atoms with Gasteiger partial charge < -0.3 is 9.64 Å². The number of carbonyl (C=O) groups is 1. The molecule has 1 fully saturated rings. The maximum absolute atomic E-state index is 13.2. The molecule has 1 aromatic heterocycles. The van der Waals surface area contributed by atoms with Crippen molar-refractivity contribution in [2.75, 3.05) is 19.7 Å². The number of piperidine rings is 1. The smallest absolute Gasteiger partial charge is 0.253 e. The average Bonchev–Trinajstić information content (AvgIpc) is 2.60. The number of carbonyl (C=O) groups excluding carboxylic acids is 1. The quantitative estimate of drug-likeness (QED) is 0.870. The zero-order valence-corrected chi connectivity index (χ0v) is 12.8. The number of rotatable bonds is 4. The summed E-state index contributed by atoms with van der Waals surface area (Å²) in [5.41, 5.74) is 0.659. The van der Waals surface area contributed by atoms with Crippen LogP contribution in [0.1, 0.15) is 23.2 Å². The lowest BCUT2D eigenvalue weighted by Crippen LogP contribution is -2.41. The maximum atomic E-state index is 13.2. The molecule has 2 heterocycles. The first kappa shape index (κ1) is 15.5. The molecule has 0 saturated carbocycles. The van der Waals surface area contributed by atoms with E-state index in [0.29, 0.717) is 24.5 Å². The molecule has 2 aromatic rings. The predicted octanol–water partition coefficient (Wildman–Crippen LogP) is 3.15. The van der Waals surface area contributed by atoms with Gasteiger partial charge in [0.15, 0.2) is 0 Å². The van der Waals surface area contributed by atoms with Crippen molar-refractivity contribution in [3.05, 3.63) is 60.2 Å². The molecular weight excluding hydrogens is 295 g/mol. The fraction of sp³-hybridized carbons (Fsp3) is 0.333. The molecule has 1 saturated heterocycles. The van der Waals surface area contributed by atoms with E-state index in [-0.39, 0.29) is 17.6 Å². The van der Waals surface area contributed by atoms with Crippen molar-refractivity contribution < 1.29 is 13.9 Å². The van der Waals surface area contributed by atoms with Crippen LogP contribution in [0.4, 0.5) is 4.39 Å². The molecule has 3 rings (SSSR count). The fourth-order valence-corrected chi connectivity index (χ4v) is 2.83. The molecule has 1 aliphatic heterocycles. The van der Waals surface area contributed by atoms with Crippen molar-refractivity contribution in [2.24, 2.45) is 5.92 Å². The Kier molecular flexibility index (Phi) is 4.86. The van der Waals surface area contributed by atoms with Crippen molar-refractivity contribution in [3.8, 4) is 5.75 Å². The Balaban J connectivity index is 1.57. The first-order valence-corrected chi connectivity index (χ1v) is 7.80. The van der Waals surface area contributed by atoms with Gasteiger partial charge in [-0.2, -0.15) is 0 Å². The molecule has 0 radical (unpaired) electrons. The topological polar surface area (TPSA) is 42.4 Å². The minimum Gasteiger partial charge on any atom is -0.493 e. The lowest BCUT2D eigenvalue weighted by atomic mass is 9.98. The molecule has 0 N–H and O–H groups in total. The van der Waals surface area contributed by atoms with E-state index >= 15 is 0 Å². The van der Waals surface area contributed by atoms with Gasteiger partial charge in [0.05, 0.1) is 6.61 Å². The van der Waals surface area contributed by atoms with E-state index in [2.05, 4.69) is 4.98 Å². The van der Waals surface area contributed by atoms with Crippen LogP contribution >= 0.6 is 0 Å². The standard InChI is InChI=1S/C18H19FN2O2/c19-16-4-1-5-17(11-16)23-13-14-3-2-10-21(12-14)18(22)15-6-8-20-9-7-15/h1,4-9,11,14H,2-3,10,12-13H2. The van der Waals surface area contributed by atoms with E-state index < -0.39 is 0 Å². The number of halogens is 1.